The number of carbonyl (C=O) groups is 1. The van der Waals surface area contributed by atoms with Crippen LogP contribution < -0.4 is 14.9 Å². The number of hydrogen-bond acceptors (Lipinski definition) is 4. The molecule has 0 aliphatic carbocycles. The van der Waals surface area contributed by atoms with E-state index in [2.05, 4.69) is 14.9 Å². The molecule has 166 valence electrons. The van der Waals surface area contributed by atoms with Gasteiger partial charge in [-0.3, -0.25) is 9.52 Å². The highest BCUT2D eigenvalue weighted by Gasteiger charge is 2.20. The lowest BCUT2D eigenvalue weighted by Crippen LogP contribution is -2.18. The van der Waals surface area contributed by atoms with Crippen molar-refractivity contribution in [3.8, 4) is 0 Å². The van der Waals surface area contributed by atoms with Gasteiger partial charge in [0.05, 0.1) is 4.90 Å². The fourth-order valence-corrected chi connectivity index (χ4v) is 5.13. The Hall–Kier alpha value is -3.32. The molecule has 0 radical (unpaired) electrons. The van der Waals surface area contributed by atoms with Gasteiger partial charge in [-0.05, 0) is 80.8 Å². The highest BCUT2D eigenvalue weighted by atomic mass is 32.2. The lowest BCUT2D eigenvalue weighted by atomic mass is 10.1. The molecule has 1 heterocycles. The fourth-order valence-electron chi connectivity index (χ4n) is 3.80. The lowest BCUT2D eigenvalue weighted by molar-refractivity contribution is 0.102. The SMILES string of the molecule is Cc1ccc(NS(=O)(=O)c2cc(C(=O)Nc3ccc(N4CCCC4)cc3)ccc2C)cc1. The van der Waals surface area contributed by atoms with Crippen molar-refractivity contribution in [3.05, 3.63) is 83.4 Å². The third-order valence-electron chi connectivity index (χ3n) is 5.64. The Balaban J connectivity index is 1.51. The van der Waals surface area contributed by atoms with Crippen LogP contribution in [0.2, 0.25) is 0 Å². The minimum Gasteiger partial charge on any atom is -0.372 e. The van der Waals surface area contributed by atoms with Crippen molar-refractivity contribution in [2.75, 3.05) is 28.0 Å². The van der Waals surface area contributed by atoms with Gasteiger partial charge in [-0.2, -0.15) is 0 Å². The molecule has 1 saturated heterocycles. The Morgan fingerprint density at radius 2 is 1.47 bits per heavy atom. The standard InChI is InChI=1S/C25H27N3O3S/c1-18-5-9-22(10-6-18)27-32(30,31)24-17-20(8-7-19(24)2)25(29)26-21-11-13-23(14-12-21)28-15-3-4-16-28/h5-14,17,27H,3-4,15-16H2,1-2H3,(H,26,29). The second-order valence-corrected chi connectivity index (χ2v) is 9.80. The highest BCUT2D eigenvalue weighted by Crippen LogP contribution is 2.24. The van der Waals surface area contributed by atoms with Gasteiger partial charge in [0.25, 0.3) is 15.9 Å². The minimum atomic E-state index is -3.84. The smallest absolute Gasteiger partial charge is 0.262 e. The van der Waals surface area contributed by atoms with Gasteiger partial charge in [-0.25, -0.2) is 8.42 Å². The van der Waals surface area contributed by atoms with Crippen molar-refractivity contribution >= 4 is 33.0 Å². The minimum absolute atomic E-state index is 0.0788. The van der Waals surface area contributed by atoms with Crippen LogP contribution in [0.25, 0.3) is 0 Å². The average molecular weight is 450 g/mol. The van der Waals surface area contributed by atoms with Crippen molar-refractivity contribution in [2.45, 2.75) is 31.6 Å². The molecule has 0 saturated carbocycles. The molecule has 1 amide bonds. The molecular weight excluding hydrogens is 422 g/mol. The number of nitrogens with zero attached hydrogens (tertiary/aromatic N) is 1. The number of rotatable bonds is 6. The molecule has 1 aliphatic rings. The van der Waals surface area contributed by atoms with Crippen LogP contribution in [0, 0.1) is 13.8 Å². The number of nitrogens with one attached hydrogen (secondary N) is 2. The van der Waals surface area contributed by atoms with Crippen LogP contribution in [0.5, 0.6) is 0 Å². The summed E-state index contributed by atoms with van der Waals surface area (Å²) < 4.78 is 28.5. The number of hydrogen-bond donors (Lipinski definition) is 2. The van der Waals surface area contributed by atoms with Gasteiger partial charge in [0.2, 0.25) is 0 Å². The first-order valence-electron chi connectivity index (χ1n) is 10.7. The number of benzene rings is 3. The van der Waals surface area contributed by atoms with E-state index in [0.29, 0.717) is 16.9 Å². The highest BCUT2D eigenvalue weighted by molar-refractivity contribution is 7.92. The summed E-state index contributed by atoms with van der Waals surface area (Å²) in [6, 6.07) is 19.5. The molecule has 4 rings (SSSR count). The first-order valence-corrected chi connectivity index (χ1v) is 12.2. The molecule has 1 fully saturated rings. The zero-order chi connectivity index (χ0) is 22.7. The summed E-state index contributed by atoms with van der Waals surface area (Å²) >= 11 is 0. The van der Waals surface area contributed by atoms with Crippen molar-refractivity contribution < 1.29 is 13.2 Å². The van der Waals surface area contributed by atoms with Crippen molar-refractivity contribution in [3.63, 3.8) is 0 Å². The van der Waals surface area contributed by atoms with Crippen LogP contribution in [0.3, 0.4) is 0 Å². The molecule has 32 heavy (non-hydrogen) atoms. The second-order valence-electron chi connectivity index (χ2n) is 8.15. The van der Waals surface area contributed by atoms with Gasteiger partial charge in [-0.15, -0.1) is 0 Å². The second kappa shape index (κ2) is 9.04. The lowest BCUT2D eigenvalue weighted by Gasteiger charge is -2.18. The van der Waals surface area contributed by atoms with Gasteiger partial charge in [0, 0.05) is 35.7 Å². The summed E-state index contributed by atoms with van der Waals surface area (Å²) in [5.41, 5.74) is 4.17. The quantitative estimate of drug-likeness (QED) is 0.558. The zero-order valence-electron chi connectivity index (χ0n) is 18.3. The Kier molecular flexibility index (Phi) is 6.19. The number of anilines is 3. The molecule has 0 atom stereocenters. The van der Waals surface area contributed by atoms with Crippen molar-refractivity contribution in [1.29, 1.82) is 0 Å². The monoisotopic (exact) mass is 449 g/mol. The van der Waals surface area contributed by atoms with E-state index in [4.69, 9.17) is 0 Å². The Morgan fingerprint density at radius 3 is 2.12 bits per heavy atom. The number of aryl methyl sites for hydroxylation is 2. The maximum atomic E-state index is 13.0. The number of amides is 1. The summed E-state index contributed by atoms with van der Waals surface area (Å²) in [6.07, 6.45) is 2.41. The van der Waals surface area contributed by atoms with Crippen molar-refractivity contribution in [2.24, 2.45) is 0 Å². The van der Waals surface area contributed by atoms with Crippen LogP contribution in [-0.4, -0.2) is 27.4 Å². The summed E-state index contributed by atoms with van der Waals surface area (Å²) in [7, 11) is -3.84. The van der Waals surface area contributed by atoms with E-state index in [1.165, 1.54) is 18.9 Å². The molecule has 1 aliphatic heterocycles. The summed E-state index contributed by atoms with van der Waals surface area (Å²) in [6.45, 7) is 5.76. The topological polar surface area (TPSA) is 78.5 Å². The molecule has 0 spiro atoms. The largest absolute Gasteiger partial charge is 0.372 e. The Labute approximate surface area is 189 Å². The summed E-state index contributed by atoms with van der Waals surface area (Å²) in [5, 5.41) is 2.86. The summed E-state index contributed by atoms with van der Waals surface area (Å²) in [4.78, 5) is 15.2. The predicted molar refractivity (Wildman–Crippen MR) is 129 cm³/mol. The molecule has 0 bridgehead atoms. The maximum absolute atomic E-state index is 13.0. The maximum Gasteiger partial charge on any atom is 0.262 e. The van der Waals surface area contributed by atoms with E-state index < -0.39 is 10.0 Å². The first kappa shape index (κ1) is 21.9. The normalized spacial score (nSPS) is 13.8. The Bertz CT molecular complexity index is 1210. The van der Waals surface area contributed by atoms with E-state index in [9.17, 15) is 13.2 Å². The van der Waals surface area contributed by atoms with Gasteiger partial charge >= 0.3 is 0 Å². The zero-order valence-corrected chi connectivity index (χ0v) is 19.1. The molecule has 3 aromatic rings. The molecule has 0 unspecified atom stereocenters. The molecule has 6 nitrogen and oxygen atoms in total. The van der Waals surface area contributed by atoms with Gasteiger partial charge in [-0.1, -0.05) is 23.8 Å². The predicted octanol–water partition coefficient (Wildman–Crippen LogP) is 4.96. The van der Waals surface area contributed by atoms with Crippen LogP contribution >= 0.6 is 0 Å². The third-order valence-corrected chi connectivity index (χ3v) is 7.16. The molecule has 2 N–H and O–H groups in total. The van der Waals surface area contributed by atoms with E-state index in [-0.39, 0.29) is 16.4 Å². The first-order chi connectivity index (χ1) is 15.3. The molecule has 0 aromatic heterocycles. The third kappa shape index (κ3) is 4.94. The van der Waals surface area contributed by atoms with Crippen LogP contribution in [0.15, 0.2) is 71.6 Å². The summed E-state index contributed by atoms with van der Waals surface area (Å²) in [5.74, 6) is -0.356. The van der Waals surface area contributed by atoms with E-state index in [1.54, 1.807) is 31.2 Å². The molecular formula is C25H27N3O3S. The number of sulfonamides is 1. The van der Waals surface area contributed by atoms with E-state index in [0.717, 1.165) is 24.3 Å². The number of carbonyl (C=O) groups excluding carboxylic acids is 1. The Morgan fingerprint density at radius 1 is 0.844 bits per heavy atom. The fraction of sp³-hybridized carbons (Fsp3) is 0.240. The van der Waals surface area contributed by atoms with Gasteiger partial charge in [0.1, 0.15) is 0 Å². The van der Waals surface area contributed by atoms with Crippen LogP contribution in [0.4, 0.5) is 17.1 Å². The van der Waals surface area contributed by atoms with Gasteiger partial charge in [0.15, 0.2) is 0 Å². The van der Waals surface area contributed by atoms with Crippen molar-refractivity contribution in [1.82, 2.24) is 0 Å². The van der Waals surface area contributed by atoms with E-state index in [1.807, 2.05) is 43.3 Å². The van der Waals surface area contributed by atoms with Crippen LogP contribution in [-0.2, 0) is 10.0 Å². The van der Waals surface area contributed by atoms with Gasteiger partial charge < -0.3 is 10.2 Å². The molecule has 3 aromatic carbocycles. The van der Waals surface area contributed by atoms with E-state index >= 15 is 0 Å². The van der Waals surface area contributed by atoms with Crippen LogP contribution in [0.1, 0.15) is 34.3 Å². The average Bonchev–Trinajstić information content (AvgIpc) is 3.31. The molecule has 7 heteroatoms.